The summed E-state index contributed by atoms with van der Waals surface area (Å²) in [5.41, 5.74) is 2.37. The molecule has 128 valence electrons. The fourth-order valence-corrected chi connectivity index (χ4v) is 4.64. The lowest BCUT2D eigenvalue weighted by atomic mass is 10.1. The average molecular weight is 338 g/mol. The van der Waals surface area contributed by atoms with Gasteiger partial charge in [-0.3, -0.25) is 9.69 Å². The molecule has 5 nitrogen and oxygen atoms in total. The number of hydrogen-bond acceptors (Lipinski definition) is 4. The topological polar surface area (TPSA) is 57.7 Å². The van der Waals surface area contributed by atoms with Crippen LogP contribution in [0.15, 0.2) is 24.3 Å². The molecule has 1 saturated heterocycles. The van der Waals surface area contributed by atoms with Gasteiger partial charge in [0.2, 0.25) is 5.91 Å². The molecule has 1 amide bonds. The highest BCUT2D eigenvalue weighted by Gasteiger charge is 2.34. The molecule has 1 aromatic rings. The molecule has 1 aromatic carbocycles. The second-order valence-electron chi connectivity index (χ2n) is 6.58. The smallest absolute Gasteiger partial charge is 0.239 e. The third-order valence-electron chi connectivity index (χ3n) is 4.67. The normalized spacial score (nSPS) is 21.3. The van der Waals surface area contributed by atoms with Gasteiger partial charge >= 0.3 is 0 Å². The molecule has 0 unspecified atom stereocenters. The highest BCUT2D eigenvalue weighted by Crippen LogP contribution is 2.18. The van der Waals surface area contributed by atoms with Crippen LogP contribution in [0.25, 0.3) is 0 Å². The molecule has 23 heavy (non-hydrogen) atoms. The summed E-state index contributed by atoms with van der Waals surface area (Å²) in [7, 11) is 0.651. The summed E-state index contributed by atoms with van der Waals surface area (Å²) >= 11 is 0. The van der Waals surface area contributed by atoms with Gasteiger partial charge in [0, 0.05) is 19.6 Å². The minimum Gasteiger partial charge on any atom is -0.340 e. The summed E-state index contributed by atoms with van der Waals surface area (Å²) < 4.78 is 23.2. The number of hydrogen-bond donors (Lipinski definition) is 0. The second-order valence-corrected chi connectivity index (χ2v) is 8.81. The number of aryl methyl sites for hydroxylation is 1. The number of carbonyl (C=O) groups is 1. The number of rotatable bonds is 5. The first-order chi connectivity index (χ1) is 10.7. The fraction of sp³-hybridized carbons (Fsp3) is 0.588. The maximum absolute atomic E-state index is 12.6. The number of carbonyl (C=O) groups excluding carboxylic acids is 1. The van der Waals surface area contributed by atoms with Crippen molar-refractivity contribution < 1.29 is 13.2 Å². The Bertz CT molecular complexity index is 655. The van der Waals surface area contributed by atoms with Gasteiger partial charge in [-0.1, -0.05) is 29.8 Å². The first-order valence-corrected chi connectivity index (χ1v) is 9.74. The van der Waals surface area contributed by atoms with Crippen molar-refractivity contribution in [2.75, 3.05) is 25.6 Å². The number of amides is 1. The Labute approximate surface area is 139 Å². The van der Waals surface area contributed by atoms with Crippen molar-refractivity contribution >= 4 is 15.7 Å². The van der Waals surface area contributed by atoms with Crippen molar-refractivity contribution in [2.45, 2.75) is 38.9 Å². The van der Waals surface area contributed by atoms with Gasteiger partial charge in [0.25, 0.3) is 0 Å². The van der Waals surface area contributed by atoms with Crippen LogP contribution in [0.4, 0.5) is 0 Å². The molecule has 0 aromatic heterocycles. The Morgan fingerprint density at radius 3 is 2.39 bits per heavy atom. The van der Waals surface area contributed by atoms with Crippen LogP contribution < -0.4 is 0 Å². The van der Waals surface area contributed by atoms with Gasteiger partial charge < -0.3 is 4.90 Å². The molecule has 0 spiro atoms. The molecule has 6 heteroatoms. The van der Waals surface area contributed by atoms with E-state index in [0.717, 1.165) is 5.56 Å². The van der Waals surface area contributed by atoms with Gasteiger partial charge in [-0.2, -0.15) is 0 Å². The third-order valence-corrected chi connectivity index (χ3v) is 6.43. The Hall–Kier alpha value is -1.40. The Morgan fingerprint density at radius 1 is 1.26 bits per heavy atom. The number of sulfone groups is 1. The van der Waals surface area contributed by atoms with Gasteiger partial charge in [0.15, 0.2) is 9.84 Å². The van der Waals surface area contributed by atoms with Crippen LogP contribution >= 0.6 is 0 Å². The monoisotopic (exact) mass is 338 g/mol. The predicted molar refractivity (Wildman–Crippen MR) is 91.9 cm³/mol. The molecule has 0 radical (unpaired) electrons. The zero-order valence-corrected chi connectivity index (χ0v) is 15.1. The van der Waals surface area contributed by atoms with E-state index in [0.29, 0.717) is 13.0 Å². The highest BCUT2D eigenvalue weighted by atomic mass is 32.2. The summed E-state index contributed by atoms with van der Waals surface area (Å²) in [6, 6.07) is 7.77. The van der Waals surface area contributed by atoms with E-state index in [4.69, 9.17) is 0 Å². The summed E-state index contributed by atoms with van der Waals surface area (Å²) in [5.74, 6) is 0.244. The first-order valence-electron chi connectivity index (χ1n) is 7.92. The van der Waals surface area contributed by atoms with E-state index in [9.17, 15) is 13.2 Å². The van der Waals surface area contributed by atoms with Gasteiger partial charge in [-0.05, 0) is 32.9 Å². The van der Waals surface area contributed by atoms with Crippen LogP contribution in [-0.2, 0) is 21.2 Å². The molecular formula is C17H26N2O3S. The maximum Gasteiger partial charge on any atom is 0.239 e. The number of likely N-dealkylation sites (N-methyl/N-ethyl adjacent to an activating group) is 2. The van der Waals surface area contributed by atoms with Crippen molar-refractivity contribution in [2.24, 2.45) is 0 Å². The van der Waals surface area contributed by atoms with Crippen LogP contribution in [0.1, 0.15) is 24.5 Å². The van der Waals surface area contributed by atoms with Crippen molar-refractivity contribution in [3.05, 3.63) is 35.4 Å². The largest absolute Gasteiger partial charge is 0.340 e. The molecule has 0 saturated carbocycles. The third kappa shape index (κ3) is 4.54. The molecular weight excluding hydrogens is 312 g/mol. The first kappa shape index (κ1) is 17.9. The minimum atomic E-state index is -2.98. The quantitative estimate of drug-likeness (QED) is 0.816. The maximum atomic E-state index is 12.6. The predicted octanol–water partition coefficient (Wildman–Crippen LogP) is 1.46. The van der Waals surface area contributed by atoms with E-state index < -0.39 is 9.84 Å². The summed E-state index contributed by atoms with van der Waals surface area (Å²) in [5, 5.41) is 0. The number of nitrogens with zero attached hydrogens (tertiary/aromatic N) is 2. The van der Waals surface area contributed by atoms with Gasteiger partial charge in [0.05, 0.1) is 17.5 Å². The van der Waals surface area contributed by atoms with Crippen molar-refractivity contribution in [1.82, 2.24) is 9.80 Å². The fourth-order valence-electron chi connectivity index (χ4n) is 2.86. The summed E-state index contributed by atoms with van der Waals surface area (Å²) in [6.07, 6.45) is 0.541. The Morgan fingerprint density at radius 2 is 1.87 bits per heavy atom. The summed E-state index contributed by atoms with van der Waals surface area (Å²) in [4.78, 5) is 16.2. The molecule has 0 N–H and O–H groups in total. The van der Waals surface area contributed by atoms with E-state index in [1.165, 1.54) is 5.56 Å². The lowest BCUT2D eigenvalue weighted by Gasteiger charge is -2.31. The molecule has 1 aliphatic rings. The lowest BCUT2D eigenvalue weighted by Crippen LogP contribution is -2.48. The van der Waals surface area contributed by atoms with Crippen LogP contribution in [0.3, 0.4) is 0 Å². The zero-order chi connectivity index (χ0) is 17.2. The van der Waals surface area contributed by atoms with Crippen LogP contribution in [0, 0.1) is 6.92 Å². The molecule has 0 bridgehead atoms. The van der Waals surface area contributed by atoms with Crippen LogP contribution in [0.2, 0.25) is 0 Å². The van der Waals surface area contributed by atoms with Crippen molar-refractivity contribution in [3.8, 4) is 0 Å². The van der Waals surface area contributed by atoms with Gasteiger partial charge in [0.1, 0.15) is 0 Å². The van der Waals surface area contributed by atoms with E-state index in [1.807, 2.05) is 25.8 Å². The lowest BCUT2D eigenvalue weighted by molar-refractivity contribution is -0.136. The Kier molecular flexibility index (Phi) is 5.47. The second kappa shape index (κ2) is 7.01. The molecule has 1 aliphatic heterocycles. The van der Waals surface area contributed by atoms with E-state index >= 15 is 0 Å². The van der Waals surface area contributed by atoms with E-state index in [2.05, 4.69) is 24.3 Å². The molecule has 1 fully saturated rings. The molecule has 0 aliphatic carbocycles. The Balaban J connectivity index is 1.96. The minimum absolute atomic E-state index is 0.0262. The van der Waals surface area contributed by atoms with E-state index in [-0.39, 0.29) is 29.5 Å². The molecule has 1 heterocycles. The molecule has 2 atom stereocenters. The van der Waals surface area contributed by atoms with E-state index in [1.54, 1.807) is 11.9 Å². The zero-order valence-electron chi connectivity index (χ0n) is 14.3. The standard InChI is InChI=1S/C17H26N2O3S/c1-13-5-7-15(8-6-13)11-18(3)14(2)17(20)19(4)16-9-10-23(21,22)12-16/h5-8,14,16H,9-12H2,1-4H3/t14-,16+/m0/s1. The number of benzene rings is 1. The van der Waals surface area contributed by atoms with Gasteiger partial charge in [-0.15, -0.1) is 0 Å². The van der Waals surface area contributed by atoms with Gasteiger partial charge in [-0.25, -0.2) is 8.42 Å². The van der Waals surface area contributed by atoms with Crippen molar-refractivity contribution in [1.29, 1.82) is 0 Å². The molecule has 2 rings (SSSR count). The average Bonchev–Trinajstić information content (AvgIpc) is 2.87. The van der Waals surface area contributed by atoms with Crippen molar-refractivity contribution in [3.63, 3.8) is 0 Å². The van der Waals surface area contributed by atoms with Crippen LogP contribution in [-0.4, -0.2) is 61.8 Å². The SMILES string of the molecule is Cc1ccc(CN(C)[C@@H](C)C(=O)N(C)[C@@H]2CCS(=O)(=O)C2)cc1. The van der Waals surface area contributed by atoms with Crippen LogP contribution in [0.5, 0.6) is 0 Å². The summed E-state index contributed by atoms with van der Waals surface area (Å²) in [6.45, 7) is 4.60. The highest BCUT2D eigenvalue weighted by molar-refractivity contribution is 7.91.